The van der Waals surface area contributed by atoms with E-state index in [9.17, 15) is 9.18 Å². The van der Waals surface area contributed by atoms with Crippen molar-refractivity contribution >= 4 is 5.96 Å². The van der Waals surface area contributed by atoms with Crippen LogP contribution in [0.25, 0.3) is 0 Å². The number of hydrogen-bond donors (Lipinski definition) is 2. The molecule has 1 aromatic carbocycles. The Balaban J connectivity index is 1.49. The molecule has 2 N–H and O–H groups in total. The maximum Gasteiger partial charge on any atom is 0.345 e. The first kappa shape index (κ1) is 20.1. The van der Waals surface area contributed by atoms with Crippen LogP contribution in [0.4, 0.5) is 4.39 Å². The number of fused-ring (bicyclic) bond motifs is 1. The van der Waals surface area contributed by atoms with Gasteiger partial charge in [-0.2, -0.15) is 5.10 Å². The van der Waals surface area contributed by atoms with Gasteiger partial charge in [-0.3, -0.25) is 9.56 Å². The lowest BCUT2D eigenvalue weighted by atomic mass is 10.1. The maximum absolute atomic E-state index is 13.8. The molecule has 28 heavy (non-hydrogen) atoms. The third kappa shape index (κ3) is 4.61. The van der Waals surface area contributed by atoms with Gasteiger partial charge in [0.05, 0.1) is 6.04 Å². The molecule has 152 valence electrons. The lowest BCUT2D eigenvalue weighted by Gasteiger charge is -2.18. The van der Waals surface area contributed by atoms with Crippen LogP contribution in [0, 0.1) is 12.7 Å². The summed E-state index contributed by atoms with van der Waals surface area (Å²) in [7, 11) is 1.70. The fourth-order valence-corrected chi connectivity index (χ4v) is 3.39. The van der Waals surface area contributed by atoms with E-state index in [2.05, 4.69) is 20.7 Å². The normalized spacial score (nSPS) is 15.2. The molecule has 1 aliphatic rings. The van der Waals surface area contributed by atoms with E-state index in [1.807, 2.05) is 13.0 Å². The van der Waals surface area contributed by atoms with Crippen LogP contribution >= 0.6 is 0 Å². The number of hydrogen-bond acceptors (Lipinski definition) is 3. The van der Waals surface area contributed by atoms with Gasteiger partial charge in [0.15, 0.2) is 5.96 Å². The number of aryl methyl sites for hydroxylation is 3. The van der Waals surface area contributed by atoms with Crippen LogP contribution in [0.3, 0.4) is 0 Å². The average molecular weight is 388 g/mol. The Morgan fingerprint density at radius 1 is 1.39 bits per heavy atom. The Kier molecular flexibility index (Phi) is 6.49. The summed E-state index contributed by atoms with van der Waals surface area (Å²) < 4.78 is 17.1. The molecule has 3 rings (SSSR count). The molecule has 2 heterocycles. The van der Waals surface area contributed by atoms with Crippen molar-refractivity contribution in [3.8, 4) is 0 Å². The lowest BCUT2D eigenvalue weighted by molar-refractivity contribution is 0.509. The van der Waals surface area contributed by atoms with Gasteiger partial charge in [-0.1, -0.05) is 12.1 Å². The van der Waals surface area contributed by atoms with Gasteiger partial charge < -0.3 is 10.6 Å². The first-order chi connectivity index (χ1) is 13.5. The van der Waals surface area contributed by atoms with Gasteiger partial charge in [0.2, 0.25) is 0 Å². The number of aromatic nitrogens is 3. The van der Waals surface area contributed by atoms with Gasteiger partial charge >= 0.3 is 5.69 Å². The quantitative estimate of drug-likeness (QED) is 0.452. The highest BCUT2D eigenvalue weighted by Crippen LogP contribution is 2.16. The smallest absolute Gasteiger partial charge is 0.345 e. The second-order valence-corrected chi connectivity index (χ2v) is 7.26. The van der Waals surface area contributed by atoms with Crippen LogP contribution in [0.15, 0.2) is 28.0 Å². The topological polar surface area (TPSA) is 76.2 Å². The molecule has 0 saturated heterocycles. The highest BCUT2D eigenvalue weighted by Gasteiger charge is 2.16. The number of nitrogens with one attached hydrogen (secondary N) is 2. The van der Waals surface area contributed by atoms with Gasteiger partial charge in [0.1, 0.15) is 11.6 Å². The Morgan fingerprint density at radius 3 is 2.93 bits per heavy atom. The minimum atomic E-state index is -0.206. The van der Waals surface area contributed by atoms with Crippen molar-refractivity contribution in [3.05, 3.63) is 51.5 Å². The Morgan fingerprint density at radius 2 is 2.21 bits per heavy atom. The molecule has 1 aromatic heterocycles. The standard InChI is InChI=1S/C20H29FN6O/c1-14-8-9-16(13-17(14)21)15(2)24-19(22-3)23-10-6-12-27-20(28)26-11-5-4-7-18(26)25-27/h8-9,13,15H,4-7,10-12H2,1-3H3,(H2,22,23,24). The van der Waals surface area contributed by atoms with Crippen LogP contribution in [-0.4, -0.2) is 33.9 Å². The largest absolute Gasteiger partial charge is 0.356 e. The highest BCUT2D eigenvalue weighted by molar-refractivity contribution is 5.80. The van der Waals surface area contributed by atoms with E-state index in [0.717, 1.165) is 43.6 Å². The highest BCUT2D eigenvalue weighted by atomic mass is 19.1. The van der Waals surface area contributed by atoms with Gasteiger partial charge in [-0.25, -0.2) is 13.9 Å². The van der Waals surface area contributed by atoms with Crippen LogP contribution in [0.2, 0.25) is 0 Å². The van der Waals surface area contributed by atoms with Crippen molar-refractivity contribution < 1.29 is 4.39 Å². The summed E-state index contributed by atoms with van der Waals surface area (Å²) in [5.41, 5.74) is 1.49. The monoisotopic (exact) mass is 388 g/mol. The van der Waals surface area contributed by atoms with Crippen molar-refractivity contribution in [3.63, 3.8) is 0 Å². The van der Waals surface area contributed by atoms with Crippen LogP contribution < -0.4 is 16.3 Å². The minimum Gasteiger partial charge on any atom is -0.356 e. The van der Waals surface area contributed by atoms with Gasteiger partial charge in [-0.15, -0.1) is 0 Å². The van der Waals surface area contributed by atoms with Crippen LogP contribution in [-0.2, 0) is 19.5 Å². The summed E-state index contributed by atoms with van der Waals surface area (Å²) in [4.78, 5) is 16.5. The molecule has 7 nitrogen and oxygen atoms in total. The van der Waals surface area contributed by atoms with Gasteiger partial charge in [-0.05, 0) is 50.3 Å². The van der Waals surface area contributed by atoms with Crippen molar-refractivity contribution in [2.45, 2.75) is 58.7 Å². The second-order valence-electron chi connectivity index (χ2n) is 7.26. The lowest BCUT2D eigenvalue weighted by Crippen LogP contribution is -2.39. The summed E-state index contributed by atoms with van der Waals surface area (Å²) in [5.74, 6) is 1.34. The van der Waals surface area contributed by atoms with Crippen LogP contribution in [0.5, 0.6) is 0 Å². The summed E-state index contributed by atoms with van der Waals surface area (Å²) in [6.07, 6.45) is 3.79. The predicted molar refractivity (Wildman–Crippen MR) is 108 cm³/mol. The summed E-state index contributed by atoms with van der Waals surface area (Å²) in [6, 6.07) is 5.16. The molecule has 1 atom stereocenters. The number of benzene rings is 1. The zero-order valence-corrected chi connectivity index (χ0v) is 16.8. The number of rotatable bonds is 6. The summed E-state index contributed by atoms with van der Waals surface area (Å²) >= 11 is 0. The van der Waals surface area contributed by atoms with Crippen molar-refractivity contribution in [1.29, 1.82) is 0 Å². The molecule has 1 aliphatic heterocycles. The molecular formula is C20H29FN6O. The van der Waals surface area contributed by atoms with Gasteiger partial charge in [0.25, 0.3) is 0 Å². The molecule has 2 aromatic rings. The SMILES string of the molecule is CN=C(NCCCn1nc2n(c1=O)CCCC2)NC(C)c1ccc(C)c(F)c1. The van der Waals surface area contributed by atoms with E-state index < -0.39 is 0 Å². The zero-order valence-electron chi connectivity index (χ0n) is 16.8. The number of aliphatic imine (C=N–C) groups is 1. The van der Waals surface area contributed by atoms with E-state index in [-0.39, 0.29) is 17.5 Å². The first-order valence-corrected chi connectivity index (χ1v) is 9.89. The average Bonchev–Trinajstić information content (AvgIpc) is 3.02. The summed E-state index contributed by atoms with van der Waals surface area (Å²) in [5, 5.41) is 11.0. The fourth-order valence-electron chi connectivity index (χ4n) is 3.39. The van der Waals surface area contributed by atoms with E-state index in [4.69, 9.17) is 0 Å². The third-order valence-electron chi connectivity index (χ3n) is 5.14. The van der Waals surface area contributed by atoms with Crippen molar-refractivity contribution in [2.24, 2.45) is 4.99 Å². The third-order valence-corrected chi connectivity index (χ3v) is 5.14. The molecule has 0 radical (unpaired) electrons. The Bertz CT molecular complexity index is 901. The Hall–Kier alpha value is -2.64. The molecule has 0 saturated carbocycles. The maximum atomic E-state index is 13.8. The van der Waals surface area contributed by atoms with E-state index >= 15 is 0 Å². The van der Waals surface area contributed by atoms with Crippen molar-refractivity contribution in [2.75, 3.05) is 13.6 Å². The molecular weight excluding hydrogens is 359 g/mol. The molecule has 0 bridgehead atoms. The molecule has 0 aliphatic carbocycles. The van der Waals surface area contributed by atoms with Crippen LogP contribution in [0.1, 0.15) is 49.2 Å². The summed E-state index contributed by atoms with van der Waals surface area (Å²) in [6.45, 7) is 5.72. The number of guanidine groups is 1. The fraction of sp³-hybridized carbons (Fsp3) is 0.550. The van der Waals surface area contributed by atoms with E-state index in [0.29, 0.717) is 24.6 Å². The van der Waals surface area contributed by atoms with Gasteiger partial charge in [0, 0.05) is 33.1 Å². The molecule has 8 heteroatoms. The second kappa shape index (κ2) is 9.03. The number of nitrogens with zero attached hydrogens (tertiary/aromatic N) is 4. The van der Waals surface area contributed by atoms with Crippen molar-refractivity contribution in [1.82, 2.24) is 25.0 Å². The van der Waals surface area contributed by atoms with E-state index in [1.54, 1.807) is 35.4 Å². The predicted octanol–water partition coefficient (Wildman–Crippen LogP) is 2.14. The minimum absolute atomic E-state index is 0.00720. The molecule has 0 spiro atoms. The zero-order chi connectivity index (χ0) is 20.1. The first-order valence-electron chi connectivity index (χ1n) is 9.89. The van der Waals surface area contributed by atoms with E-state index in [1.165, 1.54) is 0 Å². The number of halogens is 1. The molecule has 1 unspecified atom stereocenters. The molecule has 0 amide bonds. The molecule has 0 fully saturated rings. The Labute approximate surface area is 164 Å².